The molecule has 2 heterocycles. The summed E-state index contributed by atoms with van der Waals surface area (Å²) in [7, 11) is 0. The van der Waals surface area contributed by atoms with E-state index in [9.17, 15) is 10.2 Å². The minimum atomic E-state index is -0.748. The molecule has 2 fully saturated rings. The Balaban J connectivity index is 1.90. The fraction of sp³-hybridized carbons (Fsp3) is 1.00. The van der Waals surface area contributed by atoms with Crippen molar-refractivity contribution in [2.24, 2.45) is 0 Å². The highest BCUT2D eigenvalue weighted by Crippen LogP contribution is 2.37. The minimum Gasteiger partial charge on any atom is -0.394 e. The van der Waals surface area contributed by atoms with Crippen LogP contribution in [0, 0.1) is 0 Å². The third-order valence-corrected chi connectivity index (χ3v) is 5.30. The summed E-state index contributed by atoms with van der Waals surface area (Å²) in [6, 6.07) is 0. The summed E-state index contributed by atoms with van der Waals surface area (Å²) in [5, 5.41) is 37.3. The Bertz CT molecular complexity index is 427. The first-order chi connectivity index (χ1) is 13.0. The summed E-state index contributed by atoms with van der Waals surface area (Å²) >= 11 is 0. The van der Waals surface area contributed by atoms with Gasteiger partial charge >= 0.3 is 0 Å². The standard InChI is InChI=1S/C20H38O8/c1-19(2)25-15(7-5-13(23)11-21)17(27-19)9-10-18-16(8-6-14(24)12-22)26-20(3,4)28-18/h13-18,21-24H,5-12H2,1-4H3/t13?,14?,15-,16-,17-,18-/m0/s1. The number of rotatable bonds is 11. The normalized spacial score (nSPS) is 33.9. The lowest BCUT2D eigenvalue weighted by atomic mass is 9.97. The maximum atomic E-state index is 9.63. The second-order valence-electron chi connectivity index (χ2n) is 8.83. The Morgan fingerprint density at radius 2 is 0.893 bits per heavy atom. The summed E-state index contributed by atoms with van der Waals surface area (Å²) < 4.78 is 24.1. The van der Waals surface area contributed by atoms with Crippen LogP contribution in [-0.4, -0.2) is 81.8 Å². The van der Waals surface area contributed by atoms with Gasteiger partial charge in [-0.2, -0.15) is 0 Å². The molecule has 0 amide bonds. The Morgan fingerprint density at radius 3 is 1.18 bits per heavy atom. The highest BCUT2D eigenvalue weighted by molar-refractivity contribution is 4.87. The molecule has 2 rings (SSSR count). The number of hydrogen-bond donors (Lipinski definition) is 4. The molecular weight excluding hydrogens is 368 g/mol. The fourth-order valence-electron chi connectivity index (χ4n) is 4.02. The Hall–Kier alpha value is -0.320. The quantitative estimate of drug-likeness (QED) is 0.403. The summed E-state index contributed by atoms with van der Waals surface area (Å²) in [6.07, 6.45) is 1.49. The van der Waals surface area contributed by atoms with Crippen molar-refractivity contribution in [3.05, 3.63) is 0 Å². The first-order valence-electron chi connectivity index (χ1n) is 10.3. The van der Waals surface area contributed by atoms with E-state index >= 15 is 0 Å². The average molecular weight is 407 g/mol. The maximum Gasteiger partial charge on any atom is 0.163 e. The minimum absolute atomic E-state index is 0.128. The van der Waals surface area contributed by atoms with Gasteiger partial charge in [0.1, 0.15) is 0 Å². The van der Waals surface area contributed by atoms with Gasteiger partial charge in [-0.3, -0.25) is 0 Å². The molecule has 2 saturated heterocycles. The van der Waals surface area contributed by atoms with Crippen LogP contribution in [0.3, 0.4) is 0 Å². The first-order valence-corrected chi connectivity index (χ1v) is 10.3. The van der Waals surface area contributed by atoms with E-state index in [1.807, 2.05) is 27.7 Å². The van der Waals surface area contributed by atoms with E-state index in [1.165, 1.54) is 0 Å². The molecule has 28 heavy (non-hydrogen) atoms. The predicted octanol–water partition coefficient (Wildman–Crippen LogP) is 1.07. The maximum absolute atomic E-state index is 9.63. The number of hydrogen-bond acceptors (Lipinski definition) is 8. The largest absolute Gasteiger partial charge is 0.394 e. The van der Waals surface area contributed by atoms with Gasteiger partial charge in [0.25, 0.3) is 0 Å². The first kappa shape index (κ1) is 24.0. The second kappa shape index (κ2) is 10.1. The number of aliphatic hydroxyl groups is 4. The Kier molecular flexibility index (Phi) is 8.66. The second-order valence-corrected chi connectivity index (χ2v) is 8.83. The zero-order valence-electron chi connectivity index (χ0n) is 17.5. The van der Waals surface area contributed by atoms with Gasteiger partial charge in [0.15, 0.2) is 11.6 Å². The highest BCUT2D eigenvalue weighted by atomic mass is 16.8. The van der Waals surface area contributed by atoms with Gasteiger partial charge in [-0.15, -0.1) is 0 Å². The molecule has 0 aromatic carbocycles. The van der Waals surface area contributed by atoms with Gasteiger partial charge in [-0.1, -0.05) is 0 Å². The predicted molar refractivity (Wildman–Crippen MR) is 102 cm³/mol. The van der Waals surface area contributed by atoms with Crippen LogP contribution in [0.25, 0.3) is 0 Å². The molecule has 2 aliphatic rings. The molecular formula is C20H38O8. The van der Waals surface area contributed by atoms with E-state index in [2.05, 4.69) is 0 Å². The number of aliphatic hydroxyl groups excluding tert-OH is 4. The zero-order chi connectivity index (χ0) is 20.9. The van der Waals surface area contributed by atoms with E-state index in [4.69, 9.17) is 29.2 Å². The smallest absolute Gasteiger partial charge is 0.163 e. The average Bonchev–Trinajstić information content (AvgIpc) is 3.09. The highest BCUT2D eigenvalue weighted by Gasteiger charge is 2.44. The van der Waals surface area contributed by atoms with E-state index in [-0.39, 0.29) is 37.6 Å². The fourth-order valence-corrected chi connectivity index (χ4v) is 4.02. The molecule has 166 valence electrons. The van der Waals surface area contributed by atoms with Crippen molar-refractivity contribution in [3.8, 4) is 0 Å². The van der Waals surface area contributed by atoms with Crippen molar-refractivity contribution < 1.29 is 39.4 Å². The molecule has 0 aliphatic carbocycles. The van der Waals surface area contributed by atoms with Crippen molar-refractivity contribution >= 4 is 0 Å². The molecule has 0 saturated carbocycles. The lowest BCUT2D eigenvalue weighted by Gasteiger charge is -2.22. The van der Waals surface area contributed by atoms with Crippen LogP contribution in [0.1, 0.15) is 66.2 Å². The number of ether oxygens (including phenoxy) is 4. The summed E-state index contributed by atoms with van der Waals surface area (Å²) in [5.74, 6) is -1.37. The van der Waals surface area contributed by atoms with E-state index in [0.29, 0.717) is 38.5 Å². The van der Waals surface area contributed by atoms with Crippen LogP contribution in [0.5, 0.6) is 0 Å². The van der Waals surface area contributed by atoms with Gasteiger partial charge in [-0.05, 0) is 66.2 Å². The van der Waals surface area contributed by atoms with Crippen LogP contribution >= 0.6 is 0 Å². The van der Waals surface area contributed by atoms with E-state index in [0.717, 1.165) is 0 Å². The van der Waals surface area contributed by atoms with Crippen molar-refractivity contribution in [2.75, 3.05) is 13.2 Å². The Morgan fingerprint density at radius 1 is 0.607 bits per heavy atom. The van der Waals surface area contributed by atoms with Crippen LogP contribution in [0.15, 0.2) is 0 Å². The van der Waals surface area contributed by atoms with E-state index in [1.54, 1.807) is 0 Å². The SMILES string of the molecule is CC1(C)O[C@@H](CCC(O)CO)[C@H](CC[C@@H]2OC(C)(C)O[C@H]2CCC(O)CO)O1. The molecule has 2 aliphatic heterocycles. The van der Waals surface area contributed by atoms with Gasteiger partial charge in [0.05, 0.1) is 49.8 Å². The van der Waals surface area contributed by atoms with Gasteiger partial charge < -0.3 is 39.4 Å². The summed E-state index contributed by atoms with van der Waals surface area (Å²) in [4.78, 5) is 0. The molecule has 8 nitrogen and oxygen atoms in total. The van der Waals surface area contributed by atoms with Crippen LogP contribution < -0.4 is 0 Å². The van der Waals surface area contributed by atoms with Crippen molar-refractivity contribution in [3.63, 3.8) is 0 Å². The molecule has 0 spiro atoms. The summed E-state index contributed by atoms with van der Waals surface area (Å²) in [5.41, 5.74) is 0. The van der Waals surface area contributed by atoms with Crippen molar-refractivity contribution in [1.82, 2.24) is 0 Å². The van der Waals surface area contributed by atoms with Crippen LogP contribution in [0.2, 0.25) is 0 Å². The molecule has 0 radical (unpaired) electrons. The molecule has 0 bridgehead atoms. The topological polar surface area (TPSA) is 118 Å². The lowest BCUT2D eigenvalue weighted by Crippen LogP contribution is -2.29. The lowest BCUT2D eigenvalue weighted by molar-refractivity contribution is -0.152. The molecule has 8 heteroatoms. The molecule has 0 aromatic heterocycles. The van der Waals surface area contributed by atoms with Gasteiger partial charge in [-0.25, -0.2) is 0 Å². The van der Waals surface area contributed by atoms with Crippen molar-refractivity contribution in [1.29, 1.82) is 0 Å². The van der Waals surface area contributed by atoms with Crippen LogP contribution in [0.4, 0.5) is 0 Å². The molecule has 6 atom stereocenters. The van der Waals surface area contributed by atoms with Crippen LogP contribution in [-0.2, 0) is 18.9 Å². The third kappa shape index (κ3) is 7.18. The zero-order valence-corrected chi connectivity index (χ0v) is 17.5. The third-order valence-electron chi connectivity index (χ3n) is 5.30. The van der Waals surface area contributed by atoms with Gasteiger partial charge in [0, 0.05) is 0 Å². The summed E-state index contributed by atoms with van der Waals surface area (Å²) in [6.45, 7) is 6.98. The molecule has 2 unspecified atom stereocenters. The monoisotopic (exact) mass is 406 g/mol. The molecule has 4 N–H and O–H groups in total. The van der Waals surface area contributed by atoms with Gasteiger partial charge in [0.2, 0.25) is 0 Å². The van der Waals surface area contributed by atoms with Crippen molar-refractivity contribution in [2.45, 2.75) is 114 Å². The Labute approximate surface area is 167 Å². The molecule has 0 aromatic rings. The van der Waals surface area contributed by atoms with E-state index < -0.39 is 23.8 Å².